The predicted molar refractivity (Wildman–Crippen MR) is 102 cm³/mol. The molecule has 0 fully saturated rings. The number of ether oxygens (including phenoxy) is 3. The average Bonchev–Trinajstić information content (AvgIpc) is 3.17. The minimum absolute atomic E-state index is 0.0806. The minimum atomic E-state index is -3.61. The molecule has 9 heteroatoms. The number of rotatable bonds is 9. The van der Waals surface area contributed by atoms with Crippen LogP contribution in [0.15, 0.2) is 60.0 Å². The van der Waals surface area contributed by atoms with Gasteiger partial charge in [-0.3, -0.25) is 4.79 Å². The standard InChI is InChI=1S/C19H20N2O6S/c1-2-9-21-28(23,24)16-6-3-14(4-7-16)19(22)20-10-11-25-15-5-8-17-18(12-15)27-13-26-17/h2-8,12,21H,1,9-11,13H2,(H,20,22). The van der Waals surface area contributed by atoms with Gasteiger partial charge in [0.25, 0.3) is 5.91 Å². The van der Waals surface area contributed by atoms with Crippen LogP contribution in [0, 0.1) is 0 Å². The topological polar surface area (TPSA) is 103 Å². The Labute approximate surface area is 163 Å². The molecule has 2 N–H and O–H groups in total. The molecule has 1 heterocycles. The number of benzene rings is 2. The van der Waals surface area contributed by atoms with Crippen molar-refractivity contribution in [2.75, 3.05) is 26.5 Å². The minimum Gasteiger partial charge on any atom is -0.492 e. The Morgan fingerprint density at radius 2 is 1.89 bits per heavy atom. The van der Waals surface area contributed by atoms with Gasteiger partial charge in [0, 0.05) is 18.2 Å². The van der Waals surface area contributed by atoms with Crippen LogP contribution in [0.4, 0.5) is 0 Å². The third kappa shape index (κ3) is 4.81. The molecule has 148 valence electrons. The second-order valence-corrected chi connectivity index (χ2v) is 7.55. The van der Waals surface area contributed by atoms with Gasteiger partial charge in [-0.2, -0.15) is 0 Å². The van der Waals surface area contributed by atoms with Crippen molar-refractivity contribution in [3.05, 3.63) is 60.7 Å². The summed E-state index contributed by atoms with van der Waals surface area (Å²) in [7, 11) is -3.61. The molecule has 0 saturated heterocycles. The number of hydrogen-bond donors (Lipinski definition) is 2. The van der Waals surface area contributed by atoms with E-state index in [1.807, 2.05) is 0 Å². The van der Waals surface area contributed by atoms with Crippen molar-refractivity contribution >= 4 is 15.9 Å². The Morgan fingerprint density at radius 1 is 1.14 bits per heavy atom. The first-order valence-corrected chi connectivity index (χ1v) is 9.99. The lowest BCUT2D eigenvalue weighted by atomic mass is 10.2. The summed E-state index contributed by atoms with van der Waals surface area (Å²) in [5.41, 5.74) is 0.353. The number of fused-ring (bicyclic) bond motifs is 1. The summed E-state index contributed by atoms with van der Waals surface area (Å²) in [4.78, 5) is 12.2. The van der Waals surface area contributed by atoms with Crippen LogP contribution >= 0.6 is 0 Å². The molecule has 0 radical (unpaired) electrons. The van der Waals surface area contributed by atoms with Gasteiger partial charge in [-0.05, 0) is 36.4 Å². The first-order chi connectivity index (χ1) is 13.5. The Kier molecular flexibility index (Phi) is 6.17. The summed E-state index contributed by atoms with van der Waals surface area (Å²) in [5.74, 6) is 1.59. The van der Waals surface area contributed by atoms with E-state index in [-0.39, 0.29) is 37.3 Å². The molecule has 0 saturated carbocycles. The summed E-state index contributed by atoms with van der Waals surface area (Å²) < 4.78 is 42.4. The van der Waals surface area contributed by atoms with Gasteiger partial charge >= 0.3 is 0 Å². The molecule has 0 spiro atoms. The third-order valence-electron chi connectivity index (χ3n) is 3.84. The molecule has 2 aromatic rings. The monoisotopic (exact) mass is 404 g/mol. The molecule has 0 atom stereocenters. The normalized spacial score (nSPS) is 12.4. The summed E-state index contributed by atoms with van der Waals surface area (Å²) in [6.07, 6.45) is 1.45. The summed E-state index contributed by atoms with van der Waals surface area (Å²) in [5, 5.41) is 2.72. The van der Waals surface area contributed by atoms with Crippen LogP contribution in [-0.2, 0) is 10.0 Å². The average molecular weight is 404 g/mol. The maximum Gasteiger partial charge on any atom is 0.251 e. The van der Waals surface area contributed by atoms with E-state index < -0.39 is 10.0 Å². The van der Waals surface area contributed by atoms with Crippen LogP contribution in [0.2, 0.25) is 0 Å². The van der Waals surface area contributed by atoms with E-state index in [0.29, 0.717) is 22.8 Å². The first-order valence-electron chi connectivity index (χ1n) is 8.51. The van der Waals surface area contributed by atoms with Gasteiger partial charge in [-0.25, -0.2) is 13.1 Å². The van der Waals surface area contributed by atoms with Crippen LogP contribution in [0.1, 0.15) is 10.4 Å². The molecular weight excluding hydrogens is 384 g/mol. The summed E-state index contributed by atoms with van der Waals surface area (Å²) in [6.45, 7) is 4.34. The highest BCUT2D eigenvalue weighted by Gasteiger charge is 2.15. The van der Waals surface area contributed by atoms with Crippen LogP contribution in [0.3, 0.4) is 0 Å². The maximum atomic E-state index is 12.2. The van der Waals surface area contributed by atoms with Gasteiger partial charge in [-0.1, -0.05) is 6.08 Å². The molecule has 8 nitrogen and oxygen atoms in total. The largest absolute Gasteiger partial charge is 0.492 e. The molecule has 2 aromatic carbocycles. The van der Waals surface area contributed by atoms with Gasteiger partial charge in [0.15, 0.2) is 11.5 Å². The molecule has 0 unspecified atom stereocenters. The highest BCUT2D eigenvalue weighted by molar-refractivity contribution is 7.89. The lowest BCUT2D eigenvalue weighted by Crippen LogP contribution is -2.28. The molecule has 1 amide bonds. The molecular formula is C19H20N2O6S. The second kappa shape index (κ2) is 8.77. The van der Waals surface area contributed by atoms with Gasteiger partial charge in [-0.15, -0.1) is 6.58 Å². The van der Waals surface area contributed by atoms with E-state index in [1.54, 1.807) is 18.2 Å². The Bertz CT molecular complexity index is 957. The Morgan fingerprint density at radius 3 is 2.64 bits per heavy atom. The van der Waals surface area contributed by atoms with Crippen molar-refractivity contribution < 1.29 is 27.4 Å². The number of carbonyl (C=O) groups excluding carboxylic acids is 1. The van der Waals surface area contributed by atoms with E-state index in [4.69, 9.17) is 14.2 Å². The second-order valence-electron chi connectivity index (χ2n) is 5.78. The fourth-order valence-corrected chi connectivity index (χ4v) is 3.44. The van der Waals surface area contributed by atoms with Crippen molar-refractivity contribution in [3.8, 4) is 17.2 Å². The van der Waals surface area contributed by atoms with E-state index >= 15 is 0 Å². The molecule has 0 bridgehead atoms. The van der Waals surface area contributed by atoms with Crippen LogP contribution in [0.5, 0.6) is 17.2 Å². The number of amides is 1. The fraction of sp³-hybridized carbons (Fsp3) is 0.211. The van der Waals surface area contributed by atoms with Crippen molar-refractivity contribution in [3.63, 3.8) is 0 Å². The number of sulfonamides is 1. The van der Waals surface area contributed by atoms with E-state index in [9.17, 15) is 13.2 Å². The van der Waals surface area contributed by atoms with Crippen molar-refractivity contribution in [1.29, 1.82) is 0 Å². The zero-order valence-electron chi connectivity index (χ0n) is 15.0. The zero-order chi connectivity index (χ0) is 20.0. The lowest BCUT2D eigenvalue weighted by molar-refractivity contribution is 0.0947. The highest BCUT2D eigenvalue weighted by Crippen LogP contribution is 2.34. The SMILES string of the molecule is C=CCNS(=O)(=O)c1ccc(C(=O)NCCOc2ccc3c(c2)OCO3)cc1. The van der Waals surface area contributed by atoms with Crippen molar-refractivity contribution in [2.24, 2.45) is 0 Å². The lowest BCUT2D eigenvalue weighted by Gasteiger charge is -2.09. The van der Waals surface area contributed by atoms with E-state index in [2.05, 4.69) is 16.6 Å². The quantitative estimate of drug-likeness (QED) is 0.487. The molecule has 3 rings (SSSR count). The van der Waals surface area contributed by atoms with Gasteiger partial charge in [0.2, 0.25) is 16.8 Å². The van der Waals surface area contributed by atoms with Crippen LogP contribution in [-0.4, -0.2) is 40.8 Å². The summed E-state index contributed by atoms with van der Waals surface area (Å²) >= 11 is 0. The van der Waals surface area contributed by atoms with Crippen molar-refractivity contribution in [1.82, 2.24) is 10.0 Å². The highest BCUT2D eigenvalue weighted by atomic mass is 32.2. The molecule has 28 heavy (non-hydrogen) atoms. The van der Waals surface area contributed by atoms with Crippen LogP contribution < -0.4 is 24.2 Å². The molecule has 0 aromatic heterocycles. The summed E-state index contributed by atoms with van der Waals surface area (Å²) in [6, 6.07) is 10.9. The Balaban J connectivity index is 1.47. The molecule has 1 aliphatic rings. The number of hydrogen-bond acceptors (Lipinski definition) is 6. The fourth-order valence-electron chi connectivity index (χ4n) is 2.44. The maximum absolute atomic E-state index is 12.2. The van der Waals surface area contributed by atoms with E-state index in [0.717, 1.165) is 0 Å². The molecule has 0 aliphatic carbocycles. The van der Waals surface area contributed by atoms with Gasteiger partial charge in [0.1, 0.15) is 12.4 Å². The van der Waals surface area contributed by atoms with Crippen LogP contribution in [0.25, 0.3) is 0 Å². The zero-order valence-corrected chi connectivity index (χ0v) is 15.8. The smallest absolute Gasteiger partial charge is 0.251 e. The number of carbonyl (C=O) groups is 1. The van der Waals surface area contributed by atoms with Crippen molar-refractivity contribution in [2.45, 2.75) is 4.90 Å². The van der Waals surface area contributed by atoms with E-state index in [1.165, 1.54) is 30.3 Å². The first kappa shape index (κ1) is 19.7. The Hall–Kier alpha value is -3.04. The van der Waals surface area contributed by atoms with Gasteiger partial charge in [0.05, 0.1) is 11.4 Å². The number of nitrogens with one attached hydrogen (secondary N) is 2. The molecule has 1 aliphatic heterocycles. The van der Waals surface area contributed by atoms with Gasteiger partial charge < -0.3 is 19.5 Å². The third-order valence-corrected chi connectivity index (χ3v) is 5.28. The predicted octanol–water partition coefficient (Wildman–Crippen LogP) is 1.69.